The van der Waals surface area contributed by atoms with Gasteiger partial charge >= 0.3 is 6.03 Å². The molecule has 7 heteroatoms. The number of urea groups is 1. The number of nitrogens with one attached hydrogen (secondary N) is 2. The van der Waals surface area contributed by atoms with Gasteiger partial charge in [-0.05, 0) is 24.6 Å². The normalized spacial score (nSPS) is 11.9. The van der Waals surface area contributed by atoms with E-state index in [2.05, 4.69) is 15.7 Å². The van der Waals surface area contributed by atoms with Gasteiger partial charge in [-0.3, -0.25) is 4.68 Å². The Morgan fingerprint density at radius 2 is 2.22 bits per heavy atom. The van der Waals surface area contributed by atoms with E-state index in [0.29, 0.717) is 31.3 Å². The molecule has 2 amide bonds. The number of rotatable bonds is 8. The molecule has 6 nitrogen and oxygen atoms in total. The topological polar surface area (TPSA) is 68.2 Å². The number of halogens is 1. The summed E-state index contributed by atoms with van der Waals surface area (Å²) < 4.78 is 7.28. The van der Waals surface area contributed by atoms with Crippen LogP contribution < -0.4 is 10.6 Å². The summed E-state index contributed by atoms with van der Waals surface area (Å²) in [7, 11) is 0. The summed E-state index contributed by atoms with van der Waals surface area (Å²) in [4.78, 5) is 11.7. The molecule has 0 fully saturated rings. The highest BCUT2D eigenvalue weighted by atomic mass is 35.5. The van der Waals surface area contributed by atoms with Gasteiger partial charge in [0, 0.05) is 30.0 Å². The standard InChI is InChI=1S/C16H21ClN4O2/c1-13(11-21-9-4-7-19-21)20-16(22)18-8-10-23-12-14-5-2-3-6-15(14)17/h2-7,9,13H,8,10-12H2,1H3,(H2,18,20,22)/t13-/m0/s1. The molecular formula is C16H21ClN4O2. The fraction of sp³-hybridized carbons (Fsp3) is 0.375. The van der Waals surface area contributed by atoms with Gasteiger partial charge in [-0.15, -0.1) is 0 Å². The molecule has 0 spiro atoms. The molecule has 2 aromatic rings. The molecule has 0 bridgehead atoms. The van der Waals surface area contributed by atoms with Gasteiger partial charge in [0.1, 0.15) is 0 Å². The molecule has 0 saturated heterocycles. The third-order valence-electron chi connectivity index (χ3n) is 3.14. The van der Waals surface area contributed by atoms with Crippen LogP contribution in [0.4, 0.5) is 4.79 Å². The van der Waals surface area contributed by atoms with Crippen LogP contribution in [0.25, 0.3) is 0 Å². The van der Waals surface area contributed by atoms with Crippen molar-refractivity contribution < 1.29 is 9.53 Å². The monoisotopic (exact) mass is 336 g/mol. The molecule has 1 heterocycles. The Balaban J connectivity index is 1.57. The fourth-order valence-electron chi connectivity index (χ4n) is 2.04. The summed E-state index contributed by atoms with van der Waals surface area (Å²) in [6.45, 7) is 3.84. The Labute approximate surface area is 140 Å². The van der Waals surface area contributed by atoms with Crippen molar-refractivity contribution in [3.8, 4) is 0 Å². The van der Waals surface area contributed by atoms with E-state index in [-0.39, 0.29) is 12.1 Å². The summed E-state index contributed by atoms with van der Waals surface area (Å²) in [6, 6.07) is 9.15. The van der Waals surface area contributed by atoms with Crippen molar-refractivity contribution in [3.05, 3.63) is 53.3 Å². The van der Waals surface area contributed by atoms with Crippen LogP contribution in [-0.4, -0.2) is 35.0 Å². The van der Waals surface area contributed by atoms with E-state index in [1.54, 1.807) is 10.9 Å². The molecule has 0 saturated carbocycles. The summed E-state index contributed by atoms with van der Waals surface area (Å²) in [6.07, 6.45) is 3.57. The second-order valence-corrected chi connectivity index (χ2v) is 5.58. The molecule has 1 aromatic heterocycles. The molecule has 2 N–H and O–H groups in total. The lowest BCUT2D eigenvalue weighted by atomic mass is 10.2. The van der Waals surface area contributed by atoms with Crippen molar-refractivity contribution in [1.29, 1.82) is 0 Å². The van der Waals surface area contributed by atoms with E-state index in [1.807, 2.05) is 43.5 Å². The molecule has 2 rings (SSSR count). The quantitative estimate of drug-likeness (QED) is 0.727. The molecular weight excluding hydrogens is 316 g/mol. The van der Waals surface area contributed by atoms with Crippen LogP contribution in [0.3, 0.4) is 0 Å². The number of ether oxygens (including phenoxy) is 1. The molecule has 1 atom stereocenters. The molecule has 1 aromatic carbocycles. The van der Waals surface area contributed by atoms with E-state index in [1.165, 1.54) is 0 Å². The molecule has 23 heavy (non-hydrogen) atoms. The maximum Gasteiger partial charge on any atom is 0.315 e. The lowest BCUT2D eigenvalue weighted by Gasteiger charge is -2.14. The Hall–Kier alpha value is -2.05. The van der Waals surface area contributed by atoms with Crippen molar-refractivity contribution in [1.82, 2.24) is 20.4 Å². The van der Waals surface area contributed by atoms with Crippen LogP contribution in [0.15, 0.2) is 42.7 Å². The zero-order valence-electron chi connectivity index (χ0n) is 13.0. The molecule has 0 aliphatic heterocycles. The Morgan fingerprint density at radius 3 is 2.96 bits per heavy atom. The van der Waals surface area contributed by atoms with Crippen molar-refractivity contribution in [3.63, 3.8) is 0 Å². The van der Waals surface area contributed by atoms with E-state index in [9.17, 15) is 4.79 Å². The van der Waals surface area contributed by atoms with E-state index in [4.69, 9.17) is 16.3 Å². The summed E-state index contributed by atoms with van der Waals surface area (Å²) >= 11 is 6.04. The third kappa shape index (κ3) is 6.30. The highest BCUT2D eigenvalue weighted by molar-refractivity contribution is 6.31. The number of nitrogens with zero attached hydrogens (tertiary/aromatic N) is 2. The average molecular weight is 337 g/mol. The minimum atomic E-state index is -0.217. The first-order valence-electron chi connectivity index (χ1n) is 7.48. The minimum absolute atomic E-state index is 0.0149. The number of amides is 2. The van der Waals surface area contributed by atoms with Gasteiger partial charge in [-0.1, -0.05) is 29.8 Å². The number of carbonyl (C=O) groups excluding carboxylic acids is 1. The highest BCUT2D eigenvalue weighted by Gasteiger charge is 2.07. The van der Waals surface area contributed by atoms with Crippen molar-refractivity contribution in [2.75, 3.05) is 13.2 Å². The van der Waals surface area contributed by atoms with Crippen LogP contribution in [0.5, 0.6) is 0 Å². The van der Waals surface area contributed by atoms with Gasteiger partial charge in [-0.2, -0.15) is 5.10 Å². The van der Waals surface area contributed by atoms with Gasteiger partial charge < -0.3 is 15.4 Å². The zero-order valence-corrected chi connectivity index (χ0v) is 13.8. The van der Waals surface area contributed by atoms with Crippen molar-refractivity contribution >= 4 is 17.6 Å². The predicted octanol–water partition coefficient (Wildman–Crippen LogP) is 2.44. The second kappa shape index (κ2) is 9.17. The second-order valence-electron chi connectivity index (χ2n) is 5.17. The Kier molecular flexibility index (Phi) is 6.90. The van der Waals surface area contributed by atoms with E-state index in [0.717, 1.165) is 5.56 Å². The smallest absolute Gasteiger partial charge is 0.315 e. The highest BCUT2D eigenvalue weighted by Crippen LogP contribution is 2.15. The first-order valence-corrected chi connectivity index (χ1v) is 7.86. The molecule has 124 valence electrons. The maximum atomic E-state index is 11.7. The molecule has 0 unspecified atom stereocenters. The largest absolute Gasteiger partial charge is 0.375 e. The van der Waals surface area contributed by atoms with Gasteiger partial charge in [0.15, 0.2) is 0 Å². The van der Waals surface area contributed by atoms with Gasteiger partial charge in [-0.25, -0.2) is 4.79 Å². The van der Waals surface area contributed by atoms with Crippen LogP contribution in [0.2, 0.25) is 5.02 Å². The molecule has 0 radical (unpaired) electrons. The predicted molar refractivity (Wildman–Crippen MR) is 89.3 cm³/mol. The number of carbonyl (C=O) groups is 1. The van der Waals surface area contributed by atoms with E-state index >= 15 is 0 Å². The summed E-state index contributed by atoms with van der Waals surface area (Å²) in [5.41, 5.74) is 0.937. The summed E-state index contributed by atoms with van der Waals surface area (Å²) in [5, 5.41) is 10.4. The fourth-order valence-corrected chi connectivity index (χ4v) is 2.23. The van der Waals surface area contributed by atoms with Crippen molar-refractivity contribution in [2.24, 2.45) is 0 Å². The lowest BCUT2D eigenvalue weighted by molar-refractivity contribution is 0.123. The first kappa shape index (κ1) is 17.3. The first-order chi connectivity index (χ1) is 11.1. The van der Waals surface area contributed by atoms with Crippen LogP contribution in [-0.2, 0) is 17.9 Å². The summed E-state index contributed by atoms with van der Waals surface area (Å²) in [5.74, 6) is 0. The third-order valence-corrected chi connectivity index (χ3v) is 3.51. The minimum Gasteiger partial charge on any atom is -0.375 e. The molecule has 0 aliphatic rings. The molecule has 0 aliphatic carbocycles. The van der Waals surface area contributed by atoms with Crippen LogP contribution in [0, 0.1) is 0 Å². The number of hydrogen-bond donors (Lipinski definition) is 2. The van der Waals surface area contributed by atoms with Crippen molar-refractivity contribution in [2.45, 2.75) is 26.1 Å². The maximum absolute atomic E-state index is 11.7. The SMILES string of the molecule is C[C@@H](Cn1cccn1)NC(=O)NCCOCc1ccccc1Cl. The zero-order chi connectivity index (χ0) is 16.5. The lowest BCUT2D eigenvalue weighted by Crippen LogP contribution is -2.43. The Morgan fingerprint density at radius 1 is 1.39 bits per heavy atom. The number of aromatic nitrogens is 2. The number of hydrogen-bond acceptors (Lipinski definition) is 3. The van der Waals surface area contributed by atoms with Gasteiger partial charge in [0.25, 0.3) is 0 Å². The number of benzene rings is 1. The van der Waals surface area contributed by atoms with Crippen LogP contribution >= 0.6 is 11.6 Å². The average Bonchev–Trinajstić information content (AvgIpc) is 3.01. The van der Waals surface area contributed by atoms with Gasteiger partial charge in [0.2, 0.25) is 0 Å². The van der Waals surface area contributed by atoms with Crippen LogP contribution in [0.1, 0.15) is 12.5 Å². The van der Waals surface area contributed by atoms with Gasteiger partial charge in [0.05, 0.1) is 19.8 Å². The Bertz CT molecular complexity index is 604. The van der Waals surface area contributed by atoms with E-state index < -0.39 is 0 Å².